The molecule has 1 atom stereocenters. The number of nitrogens with zero attached hydrogens (tertiary/aromatic N) is 1. The van der Waals surface area contributed by atoms with Gasteiger partial charge in [0.2, 0.25) is 0 Å². The fourth-order valence-corrected chi connectivity index (χ4v) is 2.69. The van der Waals surface area contributed by atoms with Crippen molar-refractivity contribution in [3.05, 3.63) is 29.8 Å². The molecular weight excluding hydrogens is 220 g/mol. The second kappa shape index (κ2) is 6.24. The quantitative estimate of drug-likeness (QED) is 0.860. The Hall–Kier alpha value is -1.02. The first-order valence-electron chi connectivity index (χ1n) is 7.25. The Kier molecular flexibility index (Phi) is 4.65. The van der Waals surface area contributed by atoms with Gasteiger partial charge in [-0.25, -0.2) is 0 Å². The molecule has 1 saturated heterocycles. The minimum absolute atomic E-state index is 0.599. The molecule has 1 aromatic rings. The molecule has 0 spiro atoms. The normalized spacial score (nSPS) is 21.8. The minimum atomic E-state index is 0.599. The number of anilines is 1. The fraction of sp³-hybridized carbons (Fsp3) is 0.625. The molecule has 0 amide bonds. The average Bonchev–Trinajstić information content (AvgIpc) is 2.34. The zero-order valence-corrected chi connectivity index (χ0v) is 11.9. The zero-order valence-electron chi connectivity index (χ0n) is 11.9. The monoisotopic (exact) mass is 246 g/mol. The summed E-state index contributed by atoms with van der Waals surface area (Å²) < 4.78 is 0. The number of benzene rings is 1. The van der Waals surface area contributed by atoms with Gasteiger partial charge in [0.05, 0.1) is 0 Å². The smallest absolute Gasteiger partial charge is 0.0401 e. The summed E-state index contributed by atoms with van der Waals surface area (Å²) in [6.07, 6.45) is 2.46. The van der Waals surface area contributed by atoms with E-state index in [2.05, 4.69) is 55.3 Å². The van der Waals surface area contributed by atoms with Crippen molar-refractivity contribution in [3.8, 4) is 0 Å². The lowest BCUT2D eigenvalue weighted by Gasteiger charge is -2.31. The van der Waals surface area contributed by atoms with Crippen molar-refractivity contribution in [1.29, 1.82) is 0 Å². The van der Waals surface area contributed by atoms with Crippen LogP contribution in [0.4, 0.5) is 5.69 Å². The van der Waals surface area contributed by atoms with Crippen LogP contribution in [0.3, 0.4) is 0 Å². The van der Waals surface area contributed by atoms with Crippen LogP contribution in [0.2, 0.25) is 0 Å². The Morgan fingerprint density at radius 3 is 2.78 bits per heavy atom. The molecule has 1 unspecified atom stereocenters. The molecule has 1 fully saturated rings. The highest BCUT2D eigenvalue weighted by Crippen LogP contribution is 2.28. The van der Waals surface area contributed by atoms with Crippen LogP contribution in [0.5, 0.6) is 0 Å². The van der Waals surface area contributed by atoms with Gasteiger partial charge in [0.1, 0.15) is 0 Å². The lowest BCUT2D eigenvalue weighted by Crippen LogP contribution is -2.38. The fourth-order valence-electron chi connectivity index (χ4n) is 2.69. The van der Waals surface area contributed by atoms with E-state index in [0.717, 1.165) is 13.1 Å². The van der Waals surface area contributed by atoms with Gasteiger partial charge in [-0.2, -0.15) is 0 Å². The van der Waals surface area contributed by atoms with Gasteiger partial charge in [0.15, 0.2) is 0 Å². The molecule has 18 heavy (non-hydrogen) atoms. The van der Waals surface area contributed by atoms with Crippen LogP contribution >= 0.6 is 0 Å². The summed E-state index contributed by atoms with van der Waals surface area (Å²) in [6.45, 7) is 10.3. The molecule has 1 aliphatic rings. The molecule has 0 aliphatic carbocycles. The first-order valence-corrected chi connectivity index (χ1v) is 7.25. The van der Waals surface area contributed by atoms with E-state index in [1.165, 1.54) is 30.6 Å². The molecule has 1 aromatic carbocycles. The van der Waals surface area contributed by atoms with Gasteiger partial charge in [-0.3, -0.25) is 0 Å². The maximum atomic E-state index is 3.57. The van der Waals surface area contributed by atoms with Crippen LogP contribution in [-0.4, -0.2) is 25.7 Å². The summed E-state index contributed by atoms with van der Waals surface area (Å²) in [7, 11) is 0. The molecule has 0 radical (unpaired) electrons. The molecule has 2 heteroatoms. The SMILES string of the molecule is CC1CCN(c2ccccc2C(C)C)CCCN1. The van der Waals surface area contributed by atoms with Gasteiger partial charge in [0.25, 0.3) is 0 Å². The van der Waals surface area contributed by atoms with E-state index in [4.69, 9.17) is 0 Å². The molecule has 100 valence electrons. The first kappa shape index (κ1) is 13.4. The molecule has 1 N–H and O–H groups in total. The maximum Gasteiger partial charge on any atom is 0.0401 e. The summed E-state index contributed by atoms with van der Waals surface area (Å²) in [5, 5.41) is 3.57. The minimum Gasteiger partial charge on any atom is -0.371 e. The van der Waals surface area contributed by atoms with Crippen molar-refractivity contribution < 1.29 is 0 Å². The van der Waals surface area contributed by atoms with Crippen LogP contribution in [-0.2, 0) is 0 Å². The summed E-state index contributed by atoms with van der Waals surface area (Å²) in [5.74, 6) is 0.599. The largest absolute Gasteiger partial charge is 0.371 e. The van der Waals surface area contributed by atoms with Gasteiger partial charge < -0.3 is 10.2 Å². The topological polar surface area (TPSA) is 15.3 Å². The number of rotatable bonds is 2. The Balaban J connectivity index is 2.18. The standard InChI is InChI=1S/C16H26N2/c1-13(2)15-7-4-5-8-16(15)18-11-6-10-17-14(3)9-12-18/h4-5,7-8,13-14,17H,6,9-12H2,1-3H3. The van der Waals surface area contributed by atoms with Crippen molar-refractivity contribution in [2.75, 3.05) is 24.5 Å². The van der Waals surface area contributed by atoms with Gasteiger partial charge in [-0.15, -0.1) is 0 Å². The van der Waals surface area contributed by atoms with E-state index in [1.54, 1.807) is 0 Å². The molecule has 1 aliphatic heterocycles. The second-order valence-corrected chi connectivity index (χ2v) is 5.70. The summed E-state index contributed by atoms with van der Waals surface area (Å²) in [5.41, 5.74) is 2.93. The Labute approximate surface area is 111 Å². The van der Waals surface area contributed by atoms with Crippen LogP contribution in [0, 0.1) is 0 Å². The number of hydrogen-bond donors (Lipinski definition) is 1. The van der Waals surface area contributed by atoms with Crippen molar-refractivity contribution in [3.63, 3.8) is 0 Å². The van der Waals surface area contributed by atoms with Crippen LogP contribution in [0.1, 0.15) is 45.1 Å². The van der Waals surface area contributed by atoms with Crippen LogP contribution in [0.15, 0.2) is 24.3 Å². The second-order valence-electron chi connectivity index (χ2n) is 5.70. The molecule has 0 aromatic heterocycles. The van der Waals surface area contributed by atoms with Crippen molar-refractivity contribution in [1.82, 2.24) is 5.32 Å². The first-order chi connectivity index (χ1) is 8.68. The predicted octanol–water partition coefficient (Wildman–Crippen LogP) is 3.39. The number of nitrogens with one attached hydrogen (secondary N) is 1. The van der Waals surface area contributed by atoms with E-state index in [0.29, 0.717) is 12.0 Å². The third-order valence-electron chi connectivity index (χ3n) is 3.83. The van der Waals surface area contributed by atoms with Crippen molar-refractivity contribution in [2.24, 2.45) is 0 Å². The van der Waals surface area contributed by atoms with E-state index in [-0.39, 0.29) is 0 Å². The van der Waals surface area contributed by atoms with Crippen molar-refractivity contribution >= 4 is 5.69 Å². The molecule has 0 saturated carbocycles. The van der Waals surface area contributed by atoms with Gasteiger partial charge >= 0.3 is 0 Å². The number of para-hydroxylation sites is 1. The summed E-state index contributed by atoms with van der Waals surface area (Å²) >= 11 is 0. The molecule has 2 nitrogen and oxygen atoms in total. The Morgan fingerprint density at radius 2 is 2.00 bits per heavy atom. The van der Waals surface area contributed by atoms with E-state index < -0.39 is 0 Å². The van der Waals surface area contributed by atoms with Gasteiger partial charge in [0, 0.05) is 24.8 Å². The lowest BCUT2D eigenvalue weighted by molar-refractivity contribution is 0.474. The maximum absolute atomic E-state index is 3.57. The Morgan fingerprint density at radius 1 is 1.22 bits per heavy atom. The highest BCUT2D eigenvalue weighted by atomic mass is 15.1. The van der Waals surface area contributed by atoms with Gasteiger partial charge in [-0.05, 0) is 43.9 Å². The third-order valence-corrected chi connectivity index (χ3v) is 3.83. The predicted molar refractivity (Wildman–Crippen MR) is 79.4 cm³/mol. The molecule has 2 rings (SSSR count). The molecule has 1 heterocycles. The lowest BCUT2D eigenvalue weighted by atomic mass is 9.99. The molecular formula is C16H26N2. The van der Waals surface area contributed by atoms with Gasteiger partial charge in [-0.1, -0.05) is 32.0 Å². The molecule has 0 bridgehead atoms. The highest BCUT2D eigenvalue weighted by molar-refractivity contribution is 5.55. The zero-order chi connectivity index (χ0) is 13.0. The van der Waals surface area contributed by atoms with Crippen molar-refractivity contribution in [2.45, 2.75) is 45.6 Å². The van der Waals surface area contributed by atoms with Crippen LogP contribution in [0.25, 0.3) is 0 Å². The van der Waals surface area contributed by atoms with Crippen LogP contribution < -0.4 is 10.2 Å². The third kappa shape index (κ3) is 3.26. The van der Waals surface area contributed by atoms with E-state index >= 15 is 0 Å². The summed E-state index contributed by atoms with van der Waals surface area (Å²) in [4.78, 5) is 2.58. The average molecular weight is 246 g/mol. The Bertz CT molecular complexity index is 373. The summed E-state index contributed by atoms with van der Waals surface area (Å²) in [6, 6.07) is 9.53. The number of hydrogen-bond acceptors (Lipinski definition) is 2. The highest BCUT2D eigenvalue weighted by Gasteiger charge is 2.15. The van der Waals surface area contributed by atoms with E-state index in [1.807, 2.05) is 0 Å². The van der Waals surface area contributed by atoms with E-state index in [9.17, 15) is 0 Å².